The fraction of sp³-hybridized carbons (Fsp3) is 0.0345. The van der Waals surface area contributed by atoms with Gasteiger partial charge in [0.2, 0.25) is 0 Å². The zero-order valence-electron chi connectivity index (χ0n) is 17.2. The van der Waals surface area contributed by atoms with Crippen molar-refractivity contribution in [2.45, 2.75) is 0 Å². The van der Waals surface area contributed by atoms with Crippen LogP contribution in [0.15, 0.2) is 103 Å². The Labute approximate surface area is 179 Å². The Kier molecular flexibility index (Phi) is 3.23. The molecule has 31 heavy (non-hydrogen) atoms. The molecule has 2 nitrogen and oxygen atoms in total. The first kappa shape index (κ1) is 16.7. The van der Waals surface area contributed by atoms with Crippen LogP contribution in [-0.4, -0.2) is 9.13 Å². The summed E-state index contributed by atoms with van der Waals surface area (Å²) in [6.45, 7) is 0. The maximum atomic E-state index is 2.41. The predicted molar refractivity (Wildman–Crippen MR) is 132 cm³/mol. The van der Waals surface area contributed by atoms with Gasteiger partial charge in [-0.3, -0.25) is 0 Å². The molecule has 0 amide bonds. The summed E-state index contributed by atoms with van der Waals surface area (Å²) in [7, 11) is 2.17. The number of rotatable bonds is 1. The van der Waals surface area contributed by atoms with Gasteiger partial charge in [-0.25, -0.2) is 0 Å². The van der Waals surface area contributed by atoms with E-state index in [2.05, 4.69) is 119 Å². The summed E-state index contributed by atoms with van der Waals surface area (Å²) in [6, 6.07) is 37.5. The van der Waals surface area contributed by atoms with E-state index in [9.17, 15) is 0 Å². The smallest absolute Gasteiger partial charge is 0.0562 e. The van der Waals surface area contributed by atoms with E-state index in [-0.39, 0.29) is 0 Å². The molecule has 146 valence electrons. The summed E-state index contributed by atoms with van der Waals surface area (Å²) < 4.78 is 4.72. The molecule has 0 radical (unpaired) electrons. The molecule has 7 aromatic rings. The van der Waals surface area contributed by atoms with E-state index in [1.807, 2.05) is 0 Å². The molecule has 5 aromatic carbocycles. The highest BCUT2D eigenvalue weighted by Gasteiger charge is 2.17. The van der Waals surface area contributed by atoms with E-state index in [1.54, 1.807) is 0 Å². The number of aryl methyl sites for hydroxylation is 1. The molecule has 0 aliphatic heterocycles. The number of hydrogen-bond acceptors (Lipinski definition) is 0. The van der Waals surface area contributed by atoms with Crippen LogP contribution in [0.4, 0.5) is 0 Å². The van der Waals surface area contributed by atoms with Crippen molar-refractivity contribution in [3.63, 3.8) is 0 Å². The zero-order chi connectivity index (χ0) is 20.5. The molecule has 0 fully saturated rings. The highest BCUT2D eigenvalue weighted by atomic mass is 15.0. The lowest BCUT2D eigenvalue weighted by molar-refractivity contribution is 1.01. The van der Waals surface area contributed by atoms with Gasteiger partial charge in [0.25, 0.3) is 0 Å². The third-order valence-electron chi connectivity index (χ3n) is 6.68. The van der Waals surface area contributed by atoms with Crippen LogP contribution in [0.1, 0.15) is 0 Å². The average Bonchev–Trinajstić information content (AvgIpc) is 3.28. The van der Waals surface area contributed by atoms with Gasteiger partial charge < -0.3 is 9.13 Å². The van der Waals surface area contributed by atoms with Gasteiger partial charge in [-0.05, 0) is 53.2 Å². The summed E-state index contributed by atoms with van der Waals surface area (Å²) in [4.78, 5) is 0. The van der Waals surface area contributed by atoms with Crippen LogP contribution in [0, 0.1) is 0 Å². The quantitative estimate of drug-likeness (QED) is 0.271. The van der Waals surface area contributed by atoms with Crippen molar-refractivity contribution in [1.29, 1.82) is 0 Å². The van der Waals surface area contributed by atoms with E-state index >= 15 is 0 Å². The second-order valence-corrected chi connectivity index (χ2v) is 8.35. The molecule has 0 atom stereocenters. The van der Waals surface area contributed by atoms with Crippen molar-refractivity contribution in [2.24, 2.45) is 7.05 Å². The molecule has 0 aliphatic carbocycles. The first-order valence-electron chi connectivity index (χ1n) is 10.7. The lowest BCUT2D eigenvalue weighted by atomic mass is 10.0. The van der Waals surface area contributed by atoms with E-state index in [0.717, 1.165) is 0 Å². The molecule has 0 unspecified atom stereocenters. The number of benzene rings is 5. The number of nitrogens with zero attached hydrogens (tertiary/aromatic N) is 2. The van der Waals surface area contributed by atoms with Gasteiger partial charge in [-0.2, -0.15) is 0 Å². The normalized spacial score (nSPS) is 12.0. The molecule has 2 aromatic heterocycles. The Morgan fingerprint density at radius 2 is 1.06 bits per heavy atom. The van der Waals surface area contributed by atoms with Crippen molar-refractivity contribution in [3.8, 4) is 5.69 Å². The van der Waals surface area contributed by atoms with Crippen LogP contribution >= 0.6 is 0 Å². The number of fused-ring (bicyclic) bond motifs is 7. The Bertz CT molecular complexity index is 1780. The molecular formula is C29H20N2. The lowest BCUT2D eigenvalue weighted by Crippen LogP contribution is -1.94. The van der Waals surface area contributed by atoms with Crippen LogP contribution in [-0.2, 0) is 7.05 Å². The maximum Gasteiger partial charge on any atom is 0.0562 e. The third kappa shape index (κ3) is 2.22. The average molecular weight is 396 g/mol. The van der Waals surface area contributed by atoms with Gasteiger partial charge in [0.05, 0.1) is 16.6 Å². The first-order valence-corrected chi connectivity index (χ1v) is 10.7. The predicted octanol–water partition coefficient (Wildman–Crippen LogP) is 7.58. The van der Waals surface area contributed by atoms with Gasteiger partial charge in [0.15, 0.2) is 0 Å². The molecule has 0 N–H and O–H groups in total. The van der Waals surface area contributed by atoms with Crippen LogP contribution in [0.5, 0.6) is 0 Å². The fourth-order valence-corrected chi connectivity index (χ4v) is 5.21. The molecule has 2 heteroatoms. The minimum atomic E-state index is 1.19. The SMILES string of the molecule is Cn1c2ccccc2c2cc3c4cc5ccccc5cc4n(-c4ccccc4)c3cc21. The topological polar surface area (TPSA) is 9.86 Å². The monoisotopic (exact) mass is 396 g/mol. The summed E-state index contributed by atoms with van der Waals surface area (Å²) >= 11 is 0. The van der Waals surface area contributed by atoms with Crippen molar-refractivity contribution in [2.75, 3.05) is 0 Å². The van der Waals surface area contributed by atoms with Crippen LogP contribution in [0.3, 0.4) is 0 Å². The standard InChI is InChI=1S/C29H20N2/c1-30-26-14-8-7-13-22(26)24-17-25-23-15-19-9-5-6-10-20(19)16-28(23)31(29(25)18-27(24)30)21-11-3-2-4-12-21/h2-18H,1H3. The Morgan fingerprint density at radius 1 is 0.452 bits per heavy atom. The van der Waals surface area contributed by atoms with Crippen molar-refractivity contribution in [1.82, 2.24) is 9.13 Å². The van der Waals surface area contributed by atoms with Gasteiger partial charge in [0, 0.05) is 39.8 Å². The number of aromatic nitrogens is 2. The van der Waals surface area contributed by atoms with E-state index in [1.165, 1.54) is 60.1 Å². The van der Waals surface area contributed by atoms with Crippen molar-refractivity contribution < 1.29 is 0 Å². The number of hydrogen-bond donors (Lipinski definition) is 0. The molecule has 0 spiro atoms. The largest absolute Gasteiger partial charge is 0.344 e. The maximum absolute atomic E-state index is 2.41. The second kappa shape index (κ2) is 5.99. The molecule has 0 saturated carbocycles. The van der Waals surface area contributed by atoms with Gasteiger partial charge >= 0.3 is 0 Å². The summed E-state index contributed by atoms with van der Waals surface area (Å²) in [5.74, 6) is 0. The summed E-state index contributed by atoms with van der Waals surface area (Å²) in [6.07, 6.45) is 0. The van der Waals surface area contributed by atoms with E-state index in [4.69, 9.17) is 0 Å². The van der Waals surface area contributed by atoms with Crippen LogP contribution in [0.25, 0.3) is 60.1 Å². The molecule has 0 saturated heterocycles. The minimum Gasteiger partial charge on any atom is -0.344 e. The summed E-state index contributed by atoms with van der Waals surface area (Å²) in [5.41, 5.74) is 6.22. The van der Waals surface area contributed by atoms with Crippen molar-refractivity contribution >= 4 is 54.4 Å². The first-order chi connectivity index (χ1) is 15.3. The minimum absolute atomic E-state index is 1.19. The Morgan fingerprint density at radius 3 is 1.90 bits per heavy atom. The number of para-hydroxylation sites is 2. The van der Waals surface area contributed by atoms with Crippen LogP contribution in [0.2, 0.25) is 0 Å². The van der Waals surface area contributed by atoms with Crippen molar-refractivity contribution in [3.05, 3.63) is 103 Å². The Hall–Kier alpha value is -4.04. The zero-order valence-corrected chi connectivity index (χ0v) is 17.2. The van der Waals surface area contributed by atoms with Gasteiger partial charge in [0.1, 0.15) is 0 Å². The highest BCUT2D eigenvalue weighted by molar-refractivity contribution is 6.20. The Balaban J connectivity index is 1.75. The molecule has 2 heterocycles. The van der Waals surface area contributed by atoms with E-state index < -0.39 is 0 Å². The third-order valence-corrected chi connectivity index (χ3v) is 6.68. The molecule has 7 rings (SSSR count). The molecule has 0 bridgehead atoms. The molecule has 0 aliphatic rings. The summed E-state index contributed by atoms with van der Waals surface area (Å²) in [5, 5.41) is 7.76. The lowest BCUT2D eigenvalue weighted by Gasteiger charge is -2.08. The fourth-order valence-electron chi connectivity index (χ4n) is 5.21. The second-order valence-electron chi connectivity index (χ2n) is 8.35. The van der Waals surface area contributed by atoms with E-state index in [0.29, 0.717) is 0 Å². The highest BCUT2D eigenvalue weighted by Crippen LogP contribution is 2.39. The van der Waals surface area contributed by atoms with Gasteiger partial charge in [-0.1, -0.05) is 60.7 Å². The van der Waals surface area contributed by atoms with Gasteiger partial charge in [-0.15, -0.1) is 0 Å². The van der Waals surface area contributed by atoms with Crippen LogP contribution < -0.4 is 0 Å². The molecular weight excluding hydrogens is 376 g/mol.